The van der Waals surface area contributed by atoms with Gasteiger partial charge in [0.1, 0.15) is 6.61 Å². The molecule has 0 aliphatic rings. The Morgan fingerprint density at radius 2 is 0.657 bits per heavy atom. The number of nitrogens with zero attached hydrogens (tertiary/aromatic N) is 1. The lowest BCUT2D eigenvalue weighted by Gasteiger charge is -2.30. The molecular formula is C50H87NO16. The van der Waals surface area contributed by atoms with Crippen LogP contribution in [0.5, 0.6) is 0 Å². The Morgan fingerprint density at radius 3 is 1.00 bits per heavy atom. The minimum absolute atomic E-state index is 0.0704. The molecule has 0 amide bonds. The summed E-state index contributed by atoms with van der Waals surface area (Å²) in [5.74, 6) is -4.13. The van der Waals surface area contributed by atoms with Crippen molar-refractivity contribution in [3.8, 4) is 0 Å². The molecule has 0 radical (unpaired) electrons. The Balaban J connectivity index is 5.76. The quantitative estimate of drug-likeness (QED) is 0.0320. The minimum Gasteiger partial charge on any atom is -0.466 e. The minimum atomic E-state index is -2.50. The molecule has 67 heavy (non-hydrogen) atoms. The summed E-state index contributed by atoms with van der Waals surface area (Å²) in [5, 5.41) is 0. The van der Waals surface area contributed by atoms with Crippen molar-refractivity contribution in [2.24, 2.45) is 17.8 Å². The average Bonchev–Trinajstić information content (AvgIpc) is 3.23. The molecule has 0 unspecified atom stereocenters. The molecule has 0 aromatic carbocycles. The molecule has 0 spiro atoms. The van der Waals surface area contributed by atoms with Crippen LogP contribution in [0.2, 0.25) is 0 Å². The van der Waals surface area contributed by atoms with Crippen LogP contribution in [-0.4, -0.2) is 125 Å². The van der Waals surface area contributed by atoms with Crippen LogP contribution in [0, 0.1) is 17.8 Å². The Labute approximate surface area is 401 Å². The van der Waals surface area contributed by atoms with Gasteiger partial charge in [-0.25, -0.2) is 4.79 Å². The molecule has 0 saturated heterocycles. The summed E-state index contributed by atoms with van der Waals surface area (Å²) in [7, 11) is 3.61. The van der Waals surface area contributed by atoms with Gasteiger partial charge in [0.15, 0.2) is 0 Å². The van der Waals surface area contributed by atoms with E-state index >= 15 is 0 Å². The van der Waals surface area contributed by atoms with E-state index in [1.165, 1.54) is 0 Å². The number of ether oxygens (including phenoxy) is 8. The second-order valence-corrected chi connectivity index (χ2v) is 18.6. The van der Waals surface area contributed by atoms with Gasteiger partial charge in [-0.1, -0.05) is 60.8 Å². The first-order valence-electron chi connectivity index (χ1n) is 24.8. The summed E-state index contributed by atoms with van der Waals surface area (Å²) in [5.41, 5.74) is -2.50. The van der Waals surface area contributed by atoms with Crippen molar-refractivity contribution in [2.75, 3.05) is 66.9 Å². The van der Waals surface area contributed by atoms with Gasteiger partial charge in [0, 0.05) is 25.8 Å². The second kappa shape index (κ2) is 39.7. The third kappa shape index (κ3) is 38.4. The van der Waals surface area contributed by atoms with E-state index in [-0.39, 0.29) is 64.2 Å². The van der Waals surface area contributed by atoms with E-state index in [0.717, 1.165) is 38.5 Å². The maximum Gasteiger partial charge on any atom is 0.351 e. The van der Waals surface area contributed by atoms with E-state index in [9.17, 15) is 38.4 Å². The van der Waals surface area contributed by atoms with Crippen LogP contribution in [0.15, 0.2) is 0 Å². The molecule has 0 rings (SSSR count). The molecule has 17 nitrogen and oxygen atoms in total. The molecule has 0 aliphatic heterocycles. The zero-order chi connectivity index (χ0) is 50.3. The number of esters is 8. The fourth-order valence-corrected chi connectivity index (χ4v) is 6.33. The van der Waals surface area contributed by atoms with Crippen molar-refractivity contribution in [1.82, 2.24) is 4.90 Å². The van der Waals surface area contributed by atoms with Crippen molar-refractivity contribution < 1.29 is 76.3 Å². The largest absolute Gasteiger partial charge is 0.466 e. The zero-order valence-electron chi connectivity index (χ0n) is 42.4. The molecule has 0 aliphatic carbocycles. The van der Waals surface area contributed by atoms with E-state index in [1.807, 2.05) is 4.90 Å². The van der Waals surface area contributed by atoms with Gasteiger partial charge in [-0.2, -0.15) is 0 Å². The van der Waals surface area contributed by atoms with Crippen molar-refractivity contribution in [2.45, 2.75) is 188 Å². The molecule has 0 atom stereocenters. The predicted molar refractivity (Wildman–Crippen MR) is 250 cm³/mol. The SMILES string of the molecule is CC(C)CCCC(=O)OCCCCCOC(=O)CC(CC(=O)OCCCCCOC(=O)CCCC(C)C)(OC(=O)CCC(=O)OCCN(C)C)C(=O)OCCCCCOC(=O)CCCC(C)C. The van der Waals surface area contributed by atoms with E-state index in [0.29, 0.717) is 101 Å². The monoisotopic (exact) mass is 958 g/mol. The van der Waals surface area contributed by atoms with Gasteiger partial charge in [0.25, 0.3) is 0 Å². The molecule has 17 heteroatoms. The summed E-state index contributed by atoms with van der Waals surface area (Å²) in [6.45, 7) is 13.4. The summed E-state index contributed by atoms with van der Waals surface area (Å²) < 4.78 is 43.1. The average molecular weight is 958 g/mol. The van der Waals surface area contributed by atoms with E-state index < -0.39 is 61.1 Å². The van der Waals surface area contributed by atoms with Gasteiger partial charge < -0.3 is 42.8 Å². The van der Waals surface area contributed by atoms with Crippen LogP contribution < -0.4 is 0 Å². The molecule has 0 aromatic rings. The Bertz CT molecular complexity index is 1360. The lowest BCUT2D eigenvalue weighted by atomic mass is 9.94. The van der Waals surface area contributed by atoms with Gasteiger partial charge in [-0.05, 0) is 109 Å². The Morgan fingerprint density at radius 1 is 0.358 bits per heavy atom. The maximum atomic E-state index is 14.0. The molecule has 0 aromatic heterocycles. The smallest absolute Gasteiger partial charge is 0.351 e. The number of rotatable bonds is 42. The summed E-state index contributed by atoms with van der Waals surface area (Å²) >= 11 is 0. The fourth-order valence-electron chi connectivity index (χ4n) is 6.33. The number of hydrogen-bond donors (Lipinski definition) is 0. The summed E-state index contributed by atoms with van der Waals surface area (Å²) in [4.78, 5) is 104. The maximum absolute atomic E-state index is 14.0. The molecule has 0 bridgehead atoms. The van der Waals surface area contributed by atoms with E-state index in [1.54, 1.807) is 14.1 Å². The fraction of sp³-hybridized carbons (Fsp3) is 0.840. The van der Waals surface area contributed by atoms with Crippen LogP contribution in [0.4, 0.5) is 0 Å². The van der Waals surface area contributed by atoms with Gasteiger partial charge in [-0.15, -0.1) is 0 Å². The summed E-state index contributed by atoms with van der Waals surface area (Å²) in [6.07, 6.45) is 7.74. The predicted octanol–water partition coefficient (Wildman–Crippen LogP) is 8.18. The topological polar surface area (TPSA) is 214 Å². The molecule has 388 valence electrons. The highest BCUT2D eigenvalue weighted by Gasteiger charge is 2.49. The Hall–Kier alpha value is -4.28. The normalized spacial score (nSPS) is 11.4. The number of likely N-dealkylation sites (N-methyl/N-ethyl adjacent to an activating group) is 1. The van der Waals surface area contributed by atoms with Crippen molar-refractivity contribution >= 4 is 47.8 Å². The molecule has 0 saturated carbocycles. The number of carbonyl (C=O) groups is 8. The van der Waals surface area contributed by atoms with Crippen molar-refractivity contribution in [1.29, 1.82) is 0 Å². The van der Waals surface area contributed by atoms with Crippen LogP contribution in [0.3, 0.4) is 0 Å². The van der Waals surface area contributed by atoms with E-state index in [2.05, 4.69) is 41.5 Å². The van der Waals surface area contributed by atoms with Gasteiger partial charge >= 0.3 is 47.8 Å². The van der Waals surface area contributed by atoms with Gasteiger partial charge in [0.2, 0.25) is 5.60 Å². The number of carbonyl (C=O) groups excluding carboxylic acids is 8. The second-order valence-electron chi connectivity index (χ2n) is 18.6. The van der Waals surface area contributed by atoms with Gasteiger partial charge in [0.05, 0.1) is 65.3 Å². The first kappa shape index (κ1) is 62.7. The standard InChI is InChI=1S/C50H87NO16/c1-39(2)21-18-24-42(52)60-30-12-9-15-33-63-47(57)37-50(67-46(56)28-27-45(55)65-36-29-51(7)8,49(59)66-35-17-11-14-32-62-44(54)26-20-23-41(5)6)38-48(58)64-34-16-10-13-31-61-43(53)25-19-22-40(3)4/h39-41H,9-38H2,1-8H3. The lowest BCUT2D eigenvalue weighted by Crippen LogP contribution is -2.49. The third-order valence-electron chi connectivity index (χ3n) is 10.3. The van der Waals surface area contributed by atoms with Gasteiger partial charge in [-0.3, -0.25) is 33.6 Å². The Kier molecular flexibility index (Phi) is 37.2. The molecule has 0 fully saturated rings. The highest BCUT2D eigenvalue weighted by Crippen LogP contribution is 2.27. The zero-order valence-corrected chi connectivity index (χ0v) is 42.4. The first-order valence-corrected chi connectivity index (χ1v) is 24.8. The van der Waals surface area contributed by atoms with Crippen molar-refractivity contribution in [3.05, 3.63) is 0 Å². The molecular weight excluding hydrogens is 871 g/mol. The number of unbranched alkanes of at least 4 members (excludes halogenated alkanes) is 6. The highest BCUT2D eigenvalue weighted by molar-refractivity contribution is 5.92. The van der Waals surface area contributed by atoms with Crippen LogP contribution >= 0.6 is 0 Å². The van der Waals surface area contributed by atoms with Crippen molar-refractivity contribution in [3.63, 3.8) is 0 Å². The summed E-state index contributed by atoms with van der Waals surface area (Å²) in [6, 6.07) is 0. The third-order valence-corrected chi connectivity index (χ3v) is 10.3. The number of hydrogen-bond acceptors (Lipinski definition) is 17. The molecule has 0 N–H and O–H groups in total. The van der Waals surface area contributed by atoms with Crippen LogP contribution in [0.1, 0.15) is 183 Å². The first-order chi connectivity index (χ1) is 31.8. The lowest BCUT2D eigenvalue weighted by molar-refractivity contribution is -0.192. The van der Waals surface area contributed by atoms with Crippen LogP contribution in [0.25, 0.3) is 0 Å². The molecule has 0 heterocycles. The highest BCUT2D eigenvalue weighted by atomic mass is 16.6. The van der Waals surface area contributed by atoms with Crippen LogP contribution in [-0.2, 0) is 76.3 Å². The van der Waals surface area contributed by atoms with E-state index in [4.69, 9.17) is 37.9 Å².